The summed E-state index contributed by atoms with van der Waals surface area (Å²) in [4.78, 5) is 19.0. The highest BCUT2D eigenvalue weighted by Crippen LogP contribution is 2.46. The Kier molecular flexibility index (Phi) is 4.19. The van der Waals surface area contributed by atoms with E-state index in [1.807, 2.05) is 19.1 Å². The molecular weight excluding hydrogens is 332 g/mol. The summed E-state index contributed by atoms with van der Waals surface area (Å²) in [6, 6.07) is 5.44. The third kappa shape index (κ3) is 2.96. The van der Waals surface area contributed by atoms with Gasteiger partial charge in [-0.2, -0.15) is 5.10 Å². The lowest BCUT2D eigenvalue weighted by Crippen LogP contribution is -2.23. The van der Waals surface area contributed by atoms with Crippen molar-refractivity contribution in [2.45, 2.75) is 26.4 Å². The summed E-state index contributed by atoms with van der Waals surface area (Å²) in [5.74, 6) is 2.21. The van der Waals surface area contributed by atoms with Crippen LogP contribution in [0.1, 0.15) is 46.9 Å². The van der Waals surface area contributed by atoms with Crippen LogP contribution in [0.2, 0.25) is 0 Å². The number of aliphatic hydroxyl groups excluding tert-OH is 1. The first-order valence-electron chi connectivity index (χ1n) is 9.09. The lowest BCUT2D eigenvalue weighted by atomic mass is 10.0. The number of carbonyl (C=O) groups excluding carboxylic acids is 1. The highest BCUT2D eigenvalue weighted by molar-refractivity contribution is 5.87. The maximum atomic E-state index is 11.9. The van der Waals surface area contributed by atoms with E-state index in [9.17, 15) is 9.90 Å². The minimum absolute atomic E-state index is 0.296. The van der Waals surface area contributed by atoms with E-state index in [1.54, 1.807) is 20.0 Å². The van der Waals surface area contributed by atoms with E-state index in [-0.39, 0.29) is 0 Å². The third-order valence-electron chi connectivity index (χ3n) is 5.37. The molecule has 1 aliphatic heterocycles. The number of esters is 1. The Hall–Kier alpha value is -2.41. The molecule has 1 aliphatic carbocycles. The molecule has 7 heteroatoms. The van der Waals surface area contributed by atoms with Crippen LogP contribution >= 0.6 is 0 Å². The number of aromatic nitrogens is 3. The van der Waals surface area contributed by atoms with E-state index in [2.05, 4.69) is 10.00 Å². The molecule has 3 atom stereocenters. The predicted molar refractivity (Wildman–Crippen MR) is 96.0 cm³/mol. The Morgan fingerprint density at radius 2 is 2.12 bits per heavy atom. The molecule has 7 nitrogen and oxygen atoms in total. The van der Waals surface area contributed by atoms with Gasteiger partial charge in [-0.1, -0.05) is 6.07 Å². The number of fused-ring (bicyclic) bond motifs is 1. The second kappa shape index (κ2) is 6.39. The van der Waals surface area contributed by atoms with E-state index >= 15 is 0 Å². The number of anilines is 1. The molecule has 138 valence electrons. The van der Waals surface area contributed by atoms with Crippen LogP contribution in [0.5, 0.6) is 0 Å². The van der Waals surface area contributed by atoms with Gasteiger partial charge in [0.15, 0.2) is 0 Å². The number of aryl methyl sites for hydroxylation is 2. The van der Waals surface area contributed by atoms with E-state index in [4.69, 9.17) is 9.72 Å². The summed E-state index contributed by atoms with van der Waals surface area (Å²) in [5, 5.41) is 15.0. The third-order valence-corrected chi connectivity index (χ3v) is 5.37. The smallest absolute Gasteiger partial charge is 0.356 e. The zero-order valence-corrected chi connectivity index (χ0v) is 15.3. The van der Waals surface area contributed by atoms with Crippen molar-refractivity contribution >= 4 is 11.8 Å². The maximum Gasteiger partial charge on any atom is 0.356 e. The van der Waals surface area contributed by atoms with Crippen LogP contribution < -0.4 is 4.90 Å². The van der Waals surface area contributed by atoms with Gasteiger partial charge >= 0.3 is 5.97 Å². The molecule has 2 fully saturated rings. The van der Waals surface area contributed by atoms with E-state index in [1.165, 1.54) is 11.1 Å². The summed E-state index contributed by atoms with van der Waals surface area (Å²) in [5.41, 5.74) is 2.21. The minimum atomic E-state index is -0.932. The van der Waals surface area contributed by atoms with Crippen LogP contribution in [0.25, 0.3) is 0 Å². The van der Waals surface area contributed by atoms with Crippen molar-refractivity contribution in [1.82, 2.24) is 14.8 Å². The SMILES string of the molecule is CCOC(=O)c1cc(C(O)c2ccc(N3CC4CC4C3)nc2C)nn1C. The van der Waals surface area contributed by atoms with Gasteiger partial charge in [0.05, 0.1) is 12.3 Å². The first kappa shape index (κ1) is 17.0. The number of hydrogen-bond acceptors (Lipinski definition) is 6. The van der Waals surface area contributed by atoms with Gasteiger partial charge < -0.3 is 14.7 Å². The van der Waals surface area contributed by atoms with E-state index < -0.39 is 12.1 Å². The van der Waals surface area contributed by atoms with Gasteiger partial charge in [0.2, 0.25) is 0 Å². The summed E-state index contributed by atoms with van der Waals surface area (Å²) in [6.07, 6.45) is 0.423. The first-order chi connectivity index (χ1) is 12.5. The normalized spacial score (nSPS) is 22.2. The van der Waals surface area contributed by atoms with Crippen molar-refractivity contribution in [2.75, 3.05) is 24.6 Å². The van der Waals surface area contributed by atoms with E-state index in [0.717, 1.165) is 36.4 Å². The lowest BCUT2D eigenvalue weighted by Gasteiger charge is -2.21. The van der Waals surface area contributed by atoms with Gasteiger partial charge in [0.25, 0.3) is 0 Å². The van der Waals surface area contributed by atoms with Crippen molar-refractivity contribution < 1.29 is 14.6 Å². The fraction of sp³-hybridized carbons (Fsp3) is 0.526. The average Bonchev–Trinajstić information content (AvgIpc) is 3.03. The summed E-state index contributed by atoms with van der Waals surface area (Å²) in [7, 11) is 1.66. The molecule has 0 amide bonds. The highest BCUT2D eigenvalue weighted by Gasteiger charge is 2.45. The van der Waals surface area contributed by atoms with Crippen molar-refractivity contribution in [3.05, 3.63) is 40.8 Å². The van der Waals surface area contributed by atoms with Gasteiger partial charge in [-0.05, 0) is 44.2 Å². The fourth-order valence-electron chi connectivity index (χ4n) is 3.79. The number of pyridine rings is 1. The number of rotatable bonds is 5. The van der Waals surface area contributed by atoms with Crippen molar-refractivity contribution in [3.8, 4) is 0 Å². The number of carbonyl (C=O) groups is 1. The number of ether oxygens (including phenoxy) is 1. The van der Waals surface area contributed by atoms with Crippen LogP contribution in [0.15, 0.2) is 18.2 Å². The lowest BCUT2D eigenvalue weighted by molar-refractivity contribution is 0.0513. The van der Waals surface area contributed by atoms with Crippen LogP contribution in [-0.2, 0) is 11.8 Å². The second-order valence-electron chi connectivity index (χ2n) is 7.21. The zero-order chi connectivity index (χ0) is 18.4. The predicted octanol–water partition coefficient (Wildman–Crippen LogP) is 1.84. The molecular formula is C19H24N4O3. The number of piperidine rings is 1. The largest absolute Gasteiger partial charge is 0.461 e. The van der Waals surface area contributed by atoms with Gasteiger partial charge in [-0.25, -0.2) is 9.78 Å². The van der Waals surface area contributed by atoms with Gasteiger partial charge in [-0.3, -0.25) is 4.68 Å². The van der Waals surface area contributed by atoms with E-state index in [0.29, 0.717) is 23.6 Å². The van der Waals surface area contributed by atoms with Gasteiger partial charge in [0, 0.05) is 31.4 Å². The molecule has 3 unspecified atom stereocenters. The molecule has 1 saturated carbocycles. The molecule has 4 rings (SSSR count). The Bertz CT molecular complexity index is 837. The quantitative estimate of drug-likeness (QED) is 0.824. The molecule has 2 aromatic rings. The van der Waals surface area contributed by atoms with Crippen LogP contribution in [0, 0.1) is 18.8 Å². The monoisotopic (exact) mass is 356 g/mol. The number of nitrogens with zero attached hydrogens (tertiary/aromatic N) is 4. The van der Waals surface area contributed by atoms with Gasteiger partial charge in [-0.15, -0.1) is 0 Å². The molecule has 2 aromatic heterocycles. The van der Waals surface area contributed by atoms with Crippen LogP contribution in [0.3, 0.4) is 0 Å². The molecule has 2 aliphatic rings. The molecule has 26 heavy (non-hydrogen) atoms. The van der Waals surface area contributed by atoms with Gasteiger partial charge in [0.1, 0.15) is 17.6 Å². The summed E-state index contributed by atoms with van der Waals surface area (Å²) in [6.45, 7) is 6.12. The topological polar surface area (TPSA) is 80.5 Å². The zero-order valence-electron chi connectivity index (χ0n) is 15.3. The molecule has 1 N–H and O–H groups in total. The van der Waals surface area contributed by atoms with Crippen LogP contribution in [0.4, 0.5) is 5.82 Å². The Morgan fingerprint density at radius 3 is 2.77 bits per heavy atom. The first-order valence-corrected chi connectivity index (χ1v) is 9.09. The molecule has 1 saturated heterocycles. The number of aliphatic hydroxyl groups is 1. The number of hydrogen-bond donors (Lipinski definition) is 1. The Labute approximate surface area is 152 Å². The fourth-order valence-corrected chi connectivity index (χ4v) is 3.79. The Balaban J connectivity index is 1.55. The maximum absolute atomic E-state index is 11.9. The minimum Gasteiger partial charge on any atom is -0.461 e. The highest BCUT2D eigenvalue weighted by atomic mass is 16.5. The second-order valence-corrected chi connectivity index (χ2v) is 7.21. The standard InChI is InChI=1S/C19H24N4O3/c1-4-26-19(25)16-8-15(21-22(16)3)18(24)14-5-6-17(20-11(14)2)23-9-12-7-13(12)10-23/h5-6,8,12-13,18,24H,4,7,9-10H2,1-3H3. The van der Waals surface area contributed by atoms with Crippen LogP contribution in [-0.4, -0.2) is 45.5 Å². The molecule has 0 radical (unpaired) electrons. The summed E-state index contributed by atoms with van der Waals surface area (Å²) < 4.78 is 6.45. The average molecular weight is 356 g/mol. The molecule has 0 bridgehead atoms. The van der Waals surface area contributed by atoms with Crippen molar-refractivity contribution in [2.24, 2.45) is 18.9 Å². The summed E-state index contributed by atoms with van der Waals surface area (Å²) >= 11 is 0. The Morgan fingerprint density at radius 1 is 1.38 bits per heavy atom. The van der Waals surface area contributed by atoms with Crippen molar-refractivity contribution in [3.63, 3.8) is 0 Å². The molecule has 0 aromatic carbocycles. The molecule has 0 spiro atoms. The van der Waals surface area contributed by atoms with Crippen molar-refractivity contribution in [1.29, 1.82) is 0 Å². The molecule has 3 heterocycles.